The summed E-state index contributed by atoms with van der Waals surface area (Å²) in [5.41, 5.74) is 1.34. The number of fused-ring (bicyclic) bond motifs is 7. The average Bonchev–Trinajstić information content (AvgIpc) is 3.11. The molecule has 0 aromatic heterocycles. The minimum absolute atomic E-state index is 0.00842. The standard InChI is InChI=1S/C32H46O6S/c1-20-11-14-32(27(34)37-7)16-15-29(4)23(26(32)21(20)2)9-10-25-30(29,5)13-12-24-28(3,19-38-39(8,35)36)17-22(18-33)31(24,25)6/h9,12,17-18,20-21,25-26H,10-11,13-16,19H2,1-8H3/t20-,21+,25+,26-,28+,29-,30-,31+,32+/m1/s1. The molecule has 2 saturated carbocycles. The zero-order valence-electron chi connectivity index (χ0n) is 24.9. The second kappa shape index (κ2) is 8.88. The summed E-state index contributed by atoms with van der Waals surface area (Å²) >= 11 is 0. The summed E-state index contributed by atoms with van der Waals surface area (Å²) in [6.07, 6.45) is 14.0. The van der Waals surface area contributed by atoms with Crippen molar-refractivity contribution in [1.82, 2.24) is 0 Å². The van der Waals surface area contributed by atoms with Gasteiger partial charge in [0.2, 0.25) is 0 Å². The van der Waals surface area contributed by atoms with Crippen molar-refractivity contribution < 1.29 is 26.9 Å². The van der Waals surface area contributed by atoms with Gasteiger partial charge in [-0.1, -0.05) is 64.0 Å². The Labute approximate surface area is 234 Å². The highest BCUT2D eigenvalue weighted by atomic mass is 32.2. The Hall–Kier alpha value is -1.73. The maximum absolute atomic E-state index is 13.4. The van der Waals surface area contributed by atoms with Crippen LogP contribution < -0.4 is 0 Å². The van der Waals surface area contributed by atoms with Crippen LogP contribution in [0.3, 0.4) is 0 Å². The van der Waals surface area contributed by atoms with Gasteiger partial charge in [0, 0.05) is 10.8 Å². The van der Waals surface area contributed by atoms with Crippen LogP contribution in [0, 0.1) is 50.7 Å². The highest BCUT2D eigenvalue weighted by Crippen LogP contribution is 2.75. The molecule has 0 saturated heterocycles. The predicted molar refractivity (Wildman–Crippen MR) is 151 cm³/mol. The van der Waals surface area contributed by atoms with Crippen molar-refractivity contribution in [2.24, 2.45) is 50.7 Å². The molecule has 0 aliphatic heterocycles. The van der Waals surface area contributed by atoms with Gasteiger partial charge in [-0.25, -0.2) is 0 Å². The highest BCUT2D eigenvalue weighted by molar-refractivity contribution is 7.85. The second-order valence-corrected chi connectivity index (χ2v) is 16.0. The Morgan fingerprint density at radius 2 is 1.79 bits per heavy atom. The van der Waals surface area contributed by atoms with Crippen LogP contribution in [-0.2, 0) is 28.6 Å². The smallest absolute Gasteiger partial charge is 0.312 e. The quantitative estimate of drug-likeness (QED) is 0.177. The van der Waals surface area contributed by atoms with Gasteiger partial charge in [0.25, 0.3) is 10.1 Å². The van der Waals surface area contributed by atoms with Crippen molar-refractivity contribution in [3.8, 4) is 0 Å². The number of methoxy groups -OCH3 is 1. The van der Waals surface area contributed by atoms with Crippen LogP contribution in [0.5, 0.6) is 0 Å². The molecule has 0 unspecified atom stereocenters. The summed E-state index contributed by atoms with van der Waals surface area (Å²) in [5.74, 6) is 1.18. The average molecular weight is 559 g/mol. The van der Waals surface area contributed by atoms with Crippen LogP contribution in [0.4, 0.5) is 0 Å². The molecule has 0 amide bonds. The van der Waals surface area contributed by atoms with E-state index in [0.717, 1.165) is 62.2 Å². The number of hydrogen-bond acceptors (Lipinski definition) is 6. The fourth-order valence-electron chi connectivity index (χ4n) is 10.2. The van der Waals surface area contributed by atoms with Gasteiger partial charge in [0.1, 0.15) is 6.29 Å². The van der Waals surface area contributed by atoms with Gasteiger partial charge in [0.15, 0.2) is 0 Å². The minimum Gasteiger partial charge on any atom is -0.469 e. The van der Waals surface area contributed by atoms with Gasteiger partial charge in [-0.2, -0.15) is 8.42 Å². The third-order valence-electron chi connectivity index (χ3n) is 12.7. The summed E-state index contributed by atoms with van der Waals surface area (Å²) in [6, 6.07) is 0. The Balaban J connectivity index is 1.62. The number of allylic oxidation sites excluding steroid dienone is 4. The molecule has 0 aromatic rings. The molecule has 9 atom stereocenters. The first-order valence-electron chi connectivity index (χ1n) is 14.6. The predicted octanol–water partition coefficient (Wildman–Crippen LogP) is 6.04. The Bertz CT molecular complexity index is 1290. The largest absolute Gasteiger partial charge is 0.469 e. The molecule has 0 bridgehead atoms. The van der Waals surface area contributed by atoms with Crippen LogP contribution in [0.15, 0.2) is 34.9 Å². The van der Waals surface area contributed by atoms with E-state index in [2.05, 4.69) is 46.8 Å². The molecular formula is C32H46O6S. The monoisotopic (exact) mass is 558 g/mol. The topological polar surface area (TPSA) is 86.7 Å². The van der Waals surface area contributed by atoms with Crippen molar-refractivity contribution in [3.05, 3.63) is 34.9 Å². The Morgan fingerprint density at radius 3 is 2.41 bits per heavy atom. The number of carbonyl (C=O) groups is 2. The number of ether oxygens (including phenoxy) is 1. The van der Waals surface area contributed by atoms with Gasteiger partial charge >= 0.3 is 5.97 Å². The molecule has 5 aliphatic rings. The van der Waals surface area contributed by atoms with Crippen molar-refractivity contribution in [2.45, 2.75) is 80.1 Å². The molecule has 5 aliphatic carbocycles. The van der Waals surface area contributed by atoms with Gasteiger partial charge in [0.05, 0.1) is 25.4 Å². The van der Waals surface area contributed by atoms with Crippen LogP contribution in [0.1, 0.15) is 80.1 Å². The number of esters is 1. The summed E-state index contributed by atoms with van der Waals surface area (Å²) in [5, 5.41) is 0. The number of carbonyl (C=O) groups excluding carboxylic acids is 2. The SMILES string of the molecule is COC(=O)[C@]12CC[C@@H](C)[C@H](C)[C@@H]1C1=CC[C@@H]3[C@@]4(C)C(C=O)=C[C@@](C)(COS(C)(=O)=O)C4=CC[C@@]3(C)[C@]1(C)CC2. The van der Waals surface area contributed by atoms with Crippen molar-refractivity contribution >= 4 is 22.4 Å². The maximum Gasteiger partial charge on any atom is 0.312 e. The Kier molecular flexibility index (Phi) is 6.56. The molecule has 39 heavy (non-hydrogen) atoms. The Morgan fingerprint density at radius 1 is 1.10 bits per heavy atom. The lowest BCUT2D eigenvalue weighted by Gasteiger charge is -2.67. The molecule has 0 heterocycles. The van der Waals surface area contributed by atoms with E-state index in [0.29, 0.717) is 11.8 Å². The first kappa shape index (κ1) is 28.8. The zero-order valence-corrected chi connectivity index (χ0v) is 25.7. The normalized spacial score (nSPS) is 46.9. The first-order valence-corrected chi connectivity index (χ1v) is 16.4. The van der Waals surface area contributed by atoms with E-state index in [-0.39, 0.29) is 35.2 Å². The van der Waals surface area contributed by atoms with Gasteiger partial charge in [-0.05, 0) is 85.5 Å². The molecular weight excluding hydrogens is 512 g/mol. The third-order valence-corrected chi connectivity index (χ3v) is 13.2. The fraction of sp³-hybridized carbons (Fsp3) is 0.750. The molecule has 216 valence electrons. The van der Waals surface area contributed by atoms with Crippen LogP contribution in [0.25, 0.3) is 0 Å². The first-order chi connectivity index (χ1) is 18.0. The third kappa shape index (κ3) is 3.70. The van der Waals surface area contributed by atoms with Crippen LogP contribution in [-0.4, -0.2) is 40.6 Å². The lowest BCUT2D eigenvalue weighted by atomic mass is 9.36. The lowest BCUT2D eigenvalue weighted by Crippen LogP contribution is -2.62. The van der Waals surface area contributed by atoms with Gasteiger partial charge in [-0.15, -0.1) is 0 Å². The van der Waals surface area contributed by atoms with Gasteiger partial charge < -0.3 is 4.74 Å². The number of aldehydes is 1. The second-order valence-electron chi connectivity index (χ2n) is 14.3. The van der Waals surface area contributed by atoms with E-state index in [4.69, 9.17) is 8.92 Å². The van der Waals surface area contributed by atoms with Crippen LogP contribution in [0.2, 0.25) is 0 Å². The summed E-state index contributed by atoms with van der Waals surface area (Å²) in [6.45, 7) is 13.6. The molecule has 5 rings (SSSR count). The van der Waals surface area contributed by atoms with E-state index in [1.165, 1.54) is 12.7 Å². The van der Waals surface area contributed by atoms with E-state index in [1.807, 2.05) is 13.0 Å². The van der Waals surface area contributed by atoms with Gasteiger partial charge in [-0.3, -0.25) is 13.8 Å². The van der Waals surface area contributed by atoms with E-state index < -0.39 is 26.4 Å². The highest BCUT2D eigenvalue weighted by Gasteiger charge is 2.69. The molecule has 2 fully saturated rings. The number of rotatable bonds is 5. The van der Waals surface area contributed by atoms with E-state index >= 15 is 0 Å². The molecule has 7 heteroatoms. The molecule has 0 aromatic carbocycles. The molecule has 6 nitrogen and oxygen atoms in total. The summed E-state index contributed by atoms with van der Waals surface area (Å²) in [4.78, 5) is 26.0. The summed E-state index contributed by atoms with van der Waals surface area (Å²) in [7, 11) is -2.09. The lowest BCUT2D eigenvalue weighted by molar-refractivity contribution is -0.171. The number of hydrogen-bond donors (Lipinski definition) is 0. The minimum atomic E-state index is -3.62. The summed E-state index contributed by atoms with van der Waals surface area (Å²) < 4.78 is 34.6. The van der Waals surface area contributed by atoms with Crippen LogP contribution >= 0.6 is 0 Å². The zero-order chi connectivity index (χ0) is 28.8. The van der Waals surface area contributed by atoms with Crippen molar-refractivity contribution in [2.75, 3.05) is 20.0 Å². The van der Waals surface area contributed by atoms with E-state index in [9.17, 15) is 18.0 Å². The molecule has 0 spiro atoms. The molecule has 0 N–H and O–H groups in total. The van der Waals surface area contributed by atoms with E-state index in [1.54, 1.807) is 0 Å². The molecule has 0 radical (unpaired) electrons. The van der Waals surface area contributed by atoms with Crippen molar-refractivity contribution in [3.63, 3.8) is 0 Å². The fourth-order valence-corrected chi connectivity index (χ4v) is 10.6. The van der Waals surface area contributed by atoms with Crippen molar-refractivity contribution in [1.29, 1.82) is 0 Å². The maximum atomic E-state index is 13.4.